The van der Waals surface area contributed by atoms with Gasteiger partial charge in [0.2, 0.25) is 5.89 Å². The van der Waals surface area contributed by atoms with E-state index in [1.54, 1.807) is 24.3 Å². The number of para-hydroxylation sites is 2. The Kier molecular flexibility index (Phi) is 5.13. The molecule has 0 bridgehead atoms. The fourth-order valence-corrected chi connectivity index (χ4v) is 2.90. The quantitative estimate of drug-likeness (QED) is 0.368. The summed E-state index contributed by atoms with van der Waals surface area (Å²) >= 11 is 0. The second-order valence-electron chi connectivity index (χ2n) is 6.63. The molecule has 4 rings (SSSR count). The Labute approximate surface area is 171 Å². The first-order chi connectivity index (χ1) is 14.5. The van der Waals surface area contributed by atoms with E-state index in [2.05, 4.69) is 10.3 Å². The van der Waals surface area contributed by atoms with E-state index in [0.717, 1.165) is 11.1 Å². The topological polar surface area (TPSA) is 108 Å². The molecule has 1 N–H and O–H groups in total. The number of nitrogens with zero attached hydrogens (tertiary/aromatic N) is 2. The van der Waals surface area contributed by atoms with Crippen LogP contribution in [0.15, 0.2) is 71.1 Å². The van der Waals surface area contributed by atoms with Crippen LogP contribution in [-0.4, -0.2) is 22.4 Å². The molecule has 0 aliphatic heterocycles. The van der Waals surface area contributed by atoms with Gasteiger partial charge in [0.25, 0.3) is 5.91 Å². The van der Waals surface area contributed by atoms with Crippen LogP contribution in [0.5, 0.6) is 5.75 Å². The molecule has 4 aromatic rings. The number of nitro groups is 1. The Bertz CT molecular complexity index is 1230. The Morgan fingerprint density at radius 3 is 2.67 bits per heavy atom. The van der Waals surface area contributed by atoms with Gasteiger partial charge in [0.1, 0.15) is 5.52 Å². The predicted octanol–water partition coefficient (Wildman–Crippen LogP) is 4.73. The Morgan fingerprint density at radius 2 is 1.90 bits per heavy atom. The van der Waals surface area contributed by atoms with E-state index in [4.69, 9.17) is 9.15 Å². The summed E-state index contributed by atoms with van der Waals surface area (Å²) in [6.45, 7) is 1.64. The SMILES string of the molecule is Cc1ccc(-c2nc3cc(NC(=O)COc4ccccc4[N+](=O)[O-])ccc3o2)cc1. The molecule has 0 saturated carbocycles. The molecule has 0 aliphatic carbocycles. The average molecular weight is 403 g/mol. The zero-order valence-electron chi connectivity index (χ0n) is 16.0. The maximum Gasteiger partial charge on any atom is 0.310 e. The molecule has 1 aromatic heterocycles. The maximum atomic E-state index is 12.2. The number of carbonyl (C=O) groups excluding carboxylic acids is 1. The molecule has 0 spiro atoms. The molecule has 8 heteroatoms. The van der Waals surface area contributed by atoms with Crippen LogP contribution in [0.3, 0.4) is 0 Å². The van der Waals surface area contributed by atoms with Crippen molar-refractivity contribution in [1.29, 1.82) is 0 Å². The molecule has 0 saturated heterocycles. The third kappa shape index (κ3) is 4.12. The molecule has 8 nitrogen and oxygen atoms in total. The molecular formula is C22H17N3O5. The normalized spacial score (nSPS) is 10.7. The van der Waals surface area contributed by atoms with Gasteiger partial charge in [-0.25, -0.2) is 4.98 Å². The first kappa shape index (κ1) is 19.1. The number of carbonyl (C=O) groups is 1. The number of nitrogens with one attached hydrogen (secondary N) is 1. The summed E-state index contributed by atoms with van der Waals surface area (Å²) < 4.78 is 11.1. The number of hydrogen-bond acceptors (Lipinski definition) is 6. The third-order valence-corrected chi connectivity index (χ3v) is 4.39. The van der Waals surface area contributed by atoms with Crippen LogP contribution in [0, 0.1) is 17.0 Å². The molecule has 0 unspecified atom stereocenters. The monoisotopic (exact) mass is 403 g/mol. The number of amides is 1. The average Bonchev–Trinajstić information content (AvgIpc) is 3.16. The lowest BCUT2D eigenvalue weighted by atomic mass is 10.1. The van der Waals surface area contributed by atoms with Gasteiger partial charge >= 0.3 is 5.69 Å². The summed E-state index contributed by atoms with van der Waals surface area (Å²) in [5.74, 6) is 0.0790. The fourth-order valence-electron chi connectivity index (χ4n) is 2.90. The van der Waals surface area contributed by atoms with E-state index in [0.29, 0.717) is 22.7 Å². The lowest BCUT2D eigenvalue weighted by Gasteiger charge is -2.07. The van der Waals surface area contributed by atoms with Crippen LogP contribution in [0.1, 0.15) is 5.56 Å². The summed E-state index contributed by atoms with van der Waals surface area (Å²) in [6, 6.07) is 18.8. The molecule has 0 atom stereocenters. The van der Waals surface area contributed by atoms with Gasteiger partial charge in [-0.1, -0.05) is 29.8 Å². The number of oxazole rings is 1. The van der Waals surface area contributed by atoms with E-state index in [9.17, 15) is 14.9 Å². The largest absolute Gasteiger partial charge is 0.477 e. The van der Waals surface area contributed by atoms with Crippen LogP contribution in [0.4, 0.5) is 11.4 Å². The Hall–Kier alpha value is -4.20. The van der Waals surface area contributed by atoms with Crippen molar-refractivity contribution < 1.29 is 18.9 Å². The van der Waals surface area contributed by atoms with Crippen LogP contribution in [0.25, 0.3) is 22.6 Å². The molecule has 1 heterocycles. The van der Waals surface area contributed by atoms with E-state index >= 15 is 0 Å². The molecule has 3 aromatic carbocycles. The van der Waals surface area contributed by atoms with Gasteiger partial charge in [-0.2, -0.15) is 0 Å². The van der Waals surface area contributed by atoms with Gasteiger partial charge in [0, 0.05) is 17.3 Å². The van der Waals surface area contributed by atoms with Crippen molar-refractivity contribution in [2.24, 2.45) is 0 Å². The van der Waals surface area contributed by atoms with E-state index in [1.807, 2.05) is 31.2 Å². The van der Waals surface area contributed by atoms with Crippen molar-refractivity contribution in [3.63, 3.8) is 0 Å². The maximum absolute atomic E-state index is 12.2. The van der Waals surface area contributed by atoms with Gasteiger partial charge in [0.15, 0.2) is 17.9 Å². The number of fused-ring (bicyclic) bond motifs is 1. The van der Waals surface area contributed by atoms with Crippen molar-refractivity contribution in [3.05, 3.63) is 82.4 Å². The first-order valence-electron chi connectivity index (χ1n) is 9.13. The number of nitro benzene ring substituents is 1. The van der Waals surface area contributed by atoms with Crippen LogP contribution in [0.2, 0.25) is 0 Å². The van der Waals surface area contributed by atoms with Gasteiger partial charge in [-0.15, -0.1) is 0 Å². The zero-order chi connectivity index (χ0) is 21.1. The Morgan fingerprint density at radius 1 is 1.13 bits per heavy atom. The zero-order valence-corrected chi connectivity index (χ0v) is 16.0. The summed E-state index contributed by atoms with van der Waals surface area (Å²) in [6.07, 6.45) is 0. The van der Waals surface area contributed by atoms with Crippen molar-refractivity contribution in [1.82, 2.24) is 4.98 Å². The highest BCUT2D eigenvalue weighted by atomic mass is 16.6. The second kappa shape index (κ2) is 8.04. The first-order valence-corrected chi connectivity index (χ1v) is 9.13. The predicted molar refractivity (Wildman–Crippen MR) is 111 cm³/mol. The van der Waals surface area contributed by atoms with Crippen molar-refractivity contribution >= 4 is 28.4 Å². The third-order valence-electron chi connectivity index (χ3n) is 4.39. The minimum atomic E-state index is -0.558. The number of aryl methyl sites for hydroxylation is 1. The molecule has 150 valence electrons. The smallest absolute Gasteiger partial charge is 0.310 e. The van der Waals surface area contributed by atoms with Crippen molar-refractivity contribution in [2.45, 2.75) is 6.92 Å². The highest BCUT2D eigenvalue weighted by molar-refractivity contribution is 5.94. The van der Waals surface area contributed by atoms with E-state index in [-0.39, 0.29) is 18.0 Å². The van der Waals surface area contributed by atoms with Gasteiger partial charge in [-0.05, 0) is 43.3 Å². The molecule has 0 aliphatic rings. The minimum absolute atomic E-state index is 0.0346. The number of hydrogen-bond donors (Lipinski definition) is 1. The number of aromatic nitrogens is 1. The van der Waals surface area contributed by atoms with E-state index < -0.39 is 10.8 Å². The Balaban J connectivity index is 1.45. The molecule has 0 radical (unpaired) electrons. The number of benzene rings is 3. The number of anilines is 1. The van der Waals surface area contributed by atoms with Crippen LogP contribution < -0.4 is 10.1 Å². The summed E-state index contributed by atoms with van der Waals surface area (Å²) in [4.78, 5) is 27.1. The summed E-state index contributed by atoms with van der Waals surface area (Å²) in [7, 11) is 0. The molecule has 1 amide bonds. The minimum Gasteiger partial charge on any atom is -0.477 e. The highest BCUT2D eigenvalue weighted by Gasteiger charge is 2.15. The van der Waals surface area contributed by atoms with Gasteiger partial charge in [0.05, 0.1) is 4.92 Å². The van der Waals surface area contributed by atoms with Crippen LogP contribution in [-0.2, 0) is 4.79 Å². The summed E-state index contributed by atoms with van der Waals surface area (Å²) in [5.41, 5.74) is 3.52. The standard InChI is InChI=1S/C22H17N3O5/c1-14-6-8-15(9-7-14)22-24-17-12-16(10-11-19(17)30-22)23-21(26)13-29-20-5-3-2-4-18(20)25(27)28/h2-12H,13H2,1H3,(H,23,26). The number of rotatable bonds is 6. The van der Waals surface area contributed by atoms with Gasteiger partial charge < -0.3 is 14.5 Å². The van der Waals surface area contributed by atoms with Crippen molar-refractivity contribution in [2.75, 3.05) is 11.9 Å². The lowest BCUT2D eigenvalue weighted by molar-refractivity contribution is -0.385. The molecule has 0 fully saturated rings. The second-order valence-corrected chi connectivity index (χ2v) is 6.63. The van der Waals surface area contributed by atoms with Crippen LogP contribution >= 0.6 is 0 Å². The molecule has 30 heavy (non-hydrogen) atoms. The van der Waals surface area contributed by atoms with Gasteiger partial charge in [-0.3, -0.25) is 14.9 Å². The lowest BCUT2D eigenvalue weighted by Crippen LogP contribution is -2.20. The molecular weight excluding hydrogens is 386 g/mol. The van der Waals surface area contributed by atoms with E-state index in [1.165, 1.54) is 18.2 Å². The summed E-state index contributed by atoms with van der Waals surface area (Å²) in [5, 5.41) is 13.7. The fraction of sp³-hybridized carbons (Fsp3) is 0.0909. The number of ether oxygens (including phenoxy) is 1. The highest BCUT2D eigenvalue weighted by Crippen LogP contribution is 2.27. The van der Waals surface area contributed by atoms with Crippen molar-refractivity contribution in [3.8, 4) is 17.2 Å².